The van der Waals surface area contributed by atoms with Crippen LogP contribution in [0.3, 0.4) is 0 Å². The highest BCUT2D eigenvalue weighted by Crippen LogP contribution is 2.47. The number of allylic oxidation sites excluding steroid dienone is 2. The fourth-order valence-electron chi connectivity index (χ4n) is 6.76. The van der Waals surface area contributed by atoms with Crippen molar-refractivity contribution in [1.82, 2.24) is 0 Å². The summed E-state index contributed by atoms with van der Waals surface area (Å²) in [6.45, 7) is 12.5. The topological polar surface area (TPSA) is 9.23 Å². The predicted octanol–water partition coefficient (Wildman–Crippen LogP) is 7.59. The third-order valence-electron chi connectivity index (χ3n) is 8.19. The number of rotatable bonds is 7. The van der Waals surface area contributed by atoms with E-state index in [1.54, 1.807) is 0 Å². The van der Waals surface area contributed by atoms with Crippen molar-refractivity contribution in [1.29, 1.82) is 0 Å². The van der Waals surface area contributed by atoms with Gasteiger partial charge in [-0.05, 0) is 91.4 Å². The lowest BCUT2D eigenvalue weighted by Gasteiger charge is -2.45. The lowest BCUT2D eigenvalue weighted by Crippen LogP contribution is -2.53. The molecule has 6 rings (SSSR count). The Balaban J connectivity index is 1.70. The molecule has 0 bridgehead atoms. The Labute approximate surface area is 224 Å². The van der Waals surface area contributed by atoms with Gasteiger partial charge in [-0.1, -0.05) is 78.9 Å². The van der Waals surface area contributed by atoms with Crippen LogP contribution < -0.4 is 0 Å². The fourth-order valence-corrected chi connectivity index (χ4v) is 32.3. The van der Waals surface area contributed by atoms with Gasteiger partial charge in [0.15, 0.2) is 8.56 Å². The Bertz CT molecular complexity index is 1650. The molecule has 1 aliphatic heterocycles. The summed E-state index contributed by atoms with van der Waals surface area (Å²) in [6.07, 6.45) is 7.27. The van der Waals surface area contributed by atoms with Crippen molar-refractivity contribution >= 4 is 68.5 Å². The molecule has 1 nitrogen and oxygen atoms in total. The zero-order valence-corrected chi connectivity index (χ0v) is 25.2. The van der Waals surface area contributed by atoms with Gasteiger partial charge in [0, 0.05) is 16.9 Å². The van der Waals surface area contributed by atoms with Gasteiger partial charge < -0.3 is 4.43 Å². The first kappa shape index (κ1) is 24.3. The molecule has 3 atom stereocenters. The van der Waals surface area contributed by atoms with E-state index >= 15 is 0 Å². The predicted molar refractivity (Wildman–Crippen MR) is 172 cm³/mol. The van der Waals surface area contributed by atoms with Crippen molar-refractivity contribution < 1.29 is 4.43 Å². The van der Waals surface area contributed by atoms with Crippen LogP contribution in [-0.4, -0.2) is 25.4 Å². The Morgan fingerprint density at radius 3 is 2.14 bits per heavy atom. The molecule has 0 amide bonds. The van der Waals surface area contributed by atoms with Crippen LogP contribution in [0.5, 0.6) is 0 Å². The van der Waals surface area contributed by atoms with Gasteiger partial charge in [-0.2, -0.15) is 0 Å². The van der Waals surface area contributed by atoms with Crippen LogP contribution in [0.4, 0.5) is 0 Å². The monoisotopic (exact) mass is 530 g/mol. The maximum Gasteiger partial charge on any atom is 0.160 e. The van der Waals surface area contributed by atoms with Crippen molar-refractivity contribution in [2.75, 3.05) is 0 Å². The quantitative estimate of drug-likeness (QED) is 0.0912. The maximum atomic E-state index is 7.37. The minimum Gasteiger partial charge on any atom is -0.414 e. The van der Waals surface area contributed by atoms with Crippen molar-refractivity contribution in [3.05, 3.63) is 122 Å². The zero-order valence-electron chi connectivity index (χ0n) is 21.5. The number of hydrogen-bond acceptors (Lipinski definition) is 1. The van der Waals surface area contributed by atoms with Gasteiger partial charge in [0.2, 0.25) is 0 Å². The average Bonchev–Trinajstić information content (AvgIpc) is 2.91. The fraction of sp³-hybridized carbons (Fsp3) is 0.152. The molecule has 5 aromatic rings. The lowest BCUT2D eigenvalue weighted by atomic mass is 9.83. The standard InChI is InChI=1S/C33H34OSi3/c1-4-17-33(23-36(18-5-2)35-37(34-33)19-6-3)32-28-14-10-9-13-26(28)22-31-29(32)16-15-27-20-24-11-7-8-12-25(24)21-30(27)31/h4-16,20-22,36-37H,1-3,17-19,23,35H2. The van der Waals surface area contributed by atoms with Crippen molar-refractivity contribution in [2.45, 2.75) is 30.2 Å². The van der Waals surface area contributed by atoms with Crippen LogP contribution in [0, 0.1) is 0 Å². The van der Waals surface area contributed by atoms with Gasteiger partial charge in [-0.3, -0.25) is 0 Å². The van der Waals surface area contributed by atoms with Gasteiger partial charge in [0.05, 0.1) is 5.60 Å². The SMILES string of the molecule is C=CC[SiH]1CC(CC=C)(c2c3ccccc3cc3c2ccc2cc4ccccc4cc23)O[SiH](CC=C)[SiH2]1. The number of hydrogen-bond donors (Lipinski definition) is 0. The van der Waals surface area contributed by atoms with E-state index in [0.29, 0.717) is 0 Å². The average molecular weight is 531 g/mol. The summed E-state index contributed by atoms with van der Waals surface area (Å²) < 4.78 is 7.37. The second-order valence-electron chi connectivity index (χ2n) is 10.6. The molecular formula is C33H34OSi3. The first-order valence-electron chi connectivity index (χ1n) is 13.4. The Hall–Kier alpha value is -3.03. The highest BCUT2D eigenvalue weighted by atomic mass is 29.6. The van der Waals surface area contributed by atoms with E-state index in [1.165, 1.54) is 60.7 Å². The van der Waals surface area contributed by atoms with E-state index in [9.17, 15) is 0 Å². The molecule has 0 aromatic heterocycles. The molecule has 37 heavy (non-hydrogen) atoms. The molecular weight excluding hydrogens is 497 g/mol. The second-order valence-corrected chi connectivity index (χ2v) is 27.5. The van der Waals surface area contributed by atoms with Gasteiger partial charge in [-0.25, -0.2) is 0 Å². The van der Waals surface area contributed by atoms with Crippen LogP contribution in [0.1, 0.15) is 12.0 Å². The molecule has 1 heterocycles. The minimum absolute atomic E-state index is 0.158. The Kier molecular flexibility index (Phi) is 6.59. The van der Waals surface area contributed by atoms with E-state index in [4.69, 9.17) is 4.43 Å². The summed E-state index contributed by atoms with van der Waals surface area (Å²) >= 11 is 0. The number of benzene rings is 5. The molecule has 0 radical (unpaired) electrons. The summed E-state index contributed by atoms with van der Waals surface area (Å²) in [5.74, 6) is 0. The second kappa shape index (κ2) is 10.0. The summed E-state index contributed by atoms with van der Waals surface area (Å²) in [6, 6.07) is 32.9. The summed E-state index contributed by atoms with van der Waals surface area (Å²) in [7, 11) is -2.38. The van der Waals surface area contributed by atoms with E-state index in [0.717, 1.165) is 12.5 Å². The Morgan fingerprint density at radius 2 is 1.38 bits per heavy atom. The summed E-state index contributed by atoms with van der Waals surface area (Å²) in [5.41, 5.74) is 1.10. The lowest BCUT2D eigenvalue weighted by molar-refractivity contribution is 0.0938. The minimum atomic E-state index is -1.30. The summed E-state index contributed by atoms with van der Waals surface area (Å²) in [5, 5.41) is 10.5. The van der Waals surface area contributed by atoms with Crippen LogP contribution in [0.25, 0.3) is 43.1 Å². The molecule has 184 valence electrons. The molecule has 0 N–H and O–H groups in total. The molecule has 4 heteroatoms. The van der Waals surface area contributed by atoms with Gasteiger partial charge in [-0.15, -0.1) is 19.7 Å². The van der Waals surface area contributed by atoms with Gasteiger partial charge >= 0.3 is 0 Å². The smallest absolute Gasteiger partial charge is 0.160 e. The van der Waals surface area contributed by atoms with Crippen molar-refractivity contribution in [3.63, 3.8) is 0 Å². The third-order valence-corrected chi connectivity index (χ3v) is 30.9. The maximum absolute atomic E-state index is 7.37. The van der Waals surface area contributed by atoms with Crippen molar-refractivity contribution in [2.24, 2.45) is 0 Å². The van der Waals surface area contributed by atoms with E-state index in [2.05, 4.69) is 117 Å². The van der Waals surface area contributed by atoms with E-state index in [1.807, 2.05) is 0 Å². The van der Waals surface area contributed by atoms with Gasteiger partial charge in [0.1, 0.15) is 0 Å². The first-order valence-corrected chi connectivity index (χ1v) is 22.9. The normalized spacial score (nSPS) is 22.6. The Morgan fingerprint density at radius 1 is 0.703 bits per heavy atom. The molecule has 1 saturated heterocycles. The molecule has 0 saturated carbocycles. The van der Waals surface area contributed by atoms with Crippen molar-refractivity contribution in [3.8, 4) is 0 Å². The molecule has 1 fully saturated rings. The van der Waals surface area contributed by atoms with Crippen LogP contribution in [-0.2, 0) is 10.0 Å². The molecule has 5 aromatic carbocycles. The van der Waals surface area contributed by atoms with Gasteiger partial charge in [0.25, 0.3) is 0 Å². The van der Waals surface area contributed by atoms with Crippen LogP contribution in [0.15, 0.2) is 117 Å². The summed E-state index contributed by atoms with van der Waals surface area (Å²) in [4.78, 5) is 0. The third kappa shape index (κ3) is 4.28. The molecule has 1 aliphatic rings. The molecule has 0 aliphatic carbocycles. The molecule has 3 unspecified atom stereocenters. The number of fused-ring (bicyclic) bond motifs is 5. The zero-order chi connectivity index (χ0) is 25.4. The highest BCUT2D eigenvalue weighted by Gasteiger charge is 2.44. The molecule has 0 spiro atoms. The van der Waals surface area contributed by atoms with Crippen LogP contribution >= 0.6 is 0 Å². The van der Waals surface area contributed by atoms with E-state index < -0.39 is 16.9 Å². The van der Waals surface area contributed by atoms with E-state index in [-0.39, 0.29) is 14.2 Å². The van der Waals surface area contributed by atoms with Crippen LogP contribution in [0.2, 0.25) is 18.1 Å². The largest absolute Gasteiger partial charge is 0.414 e. The highest BCUT2D eigenvalue weighted by molar-refractivity contribution is 7.40. The first-order chi connectivity index (χ1) is 18.2.